The molecule has 0 aromatic carbocycles. The molecule has 1 amide bonds. The summed E-state index contributed by atoms with van der Waals surface area (Å²) in [6.07, 6.45) is 3.13. The molecule has 0 spiro atoms. The van der Waals surface area contributed by atoms with E-state index in [-0.39, 0.29) is 11.7 Å². The zero-order chi connectivity index (χ0) is 14.5. The van der Waals surface area contributed by atoms with Crippen molar-refractivity contribution in [1.29, 1.82) is 0 Å². The lowest BCUT2D eigenvalue weighted by Gasteiger charge is -2.01. The van der Waals surface area contributed by atoms with E-state index < -0.39 is 0 Å². The largest absolute Gasteiger partial charge is 0.467 e. The Bertz CT molecular complexity index is 691. The SMILES string of the molecule is O=C(CSc1n[nH]c(-c2ccco2)n1)NCc1ccco1. The molecule has 0 atom stereocenters. The molecule has 3 aromatic rings. The van der Waals surface area contributed by atoms with Gasteiger partial charge in [-0.05, 0) is 24.3 Å². The Kier molecular flexibility index (Phi) is 4.06. The monoisotopic (exact) mass is 304 g/mol. The molecule has 2 N–H and O–H groups in total. The summed E-state index contributed by atoms with van der Waals surface area (Å²) >= 11 is 1.25. The van der Waals surface area contributed by atoms with Gasteiger partial charge in [-0.15, -0.1) is 5.10 Å². The van der Waals surface area contributed by atoms with Gasteiger partial charge in [-0.25, -0.2) is 0 Å². The second-order valence-corrected chi connectivity index (χ2v) is 5.03. The van der Waals surface area contributed by atoms with Crippen LogP contribution in [0.25, 0.3) is 11.6 Å². The normalized spacial score (nSPS) is 10.7. The van der Waals surface area contributed by atoms with E-state index in [1.54, 1.807) is 36.8 Å². The summed E-state index contributed by atoms with van der Waals surface area (Å²) in [5.74, 6) is 1.98. The fourth-order valence-electron chi connectivity index (χ4n) is 1.61. The van der Waals surface area contributed by atoms with Crippen LogP contribution in [-0.4, -0.2) is 26.8 Å². The average molecular weight is 304 g/mol. The Labute approximate surface area is 124 Å². The summed E-state index contributed by atoms with van der Waals surface area (Å²) in [5, 5.41) is 10.0. The fraction of sp³-hybridized carbons (Fsp3) is 0.154. The van der Waals surface area contributed by atoms with Crippen molar-refractivity contribution in [3.63, 3.8) is 0 Å². The van der Waals surface area contributed by atoms with Crippen LogP contribution in [0.15, 0.2) is 50.8 Å². The van der Waals surface area contributed by atoms with Gasteiger partial charge in [-0.1, -0.05) is 11.8 Å². The molecule has 3 aromatic heterocycles. The second-order valence-electron chi connectivity index (χ2n) is 4.09. The predicted molar refractivity (Wildman–Crippen MR) is 75.4 cm³/mol. The highest BCUT2D eigenvalue weighted by Crippen LogP contribution is 2.19. The van der Waals surface area contributed by atoms with Crippen LogP contribution in [0.2, 0.25) is 0 Å². The van der Waals surface area contributed by atoms with E-state index >= 15 is 0 Å². The molecule has 0 aliphatic rings. The second kappa shape index (κ2) is 6.31. The predicted octanol–water partition coefficient (Wildman–Crippen LogP) is 2.07. The lowest BCUT2D eigenvalue weighted by Crippen LogP contribution is -2.24. The van der Waals surface area contributed by atoms with Crippen LogP contribution in [0.1, 0.15) is 5.76 Å². The Balaban J connectivity index is 1.47. The number of rotatable bonds is 6. The molecule has 0 saturated heterocycles. The summed E-state index contributed by atoms with van der Waals surface area (Å²) in [7, 11) is 0. The van der Waals surface area contributed by atoms with Gasteiger partial charge in [0.25, 0.3) is 0 Å². The van der Waals surface area contributed by atoms with Crippen molar-refractivity contribution in [3.05, 3.63) is 42.6 Å². The molecule has 3 heterocycles. The van der Waals surface area contributed by atoms with E-state index in [0.29, 0.717) is 29.0 Å². The first-order chi connectivity index (χ1) is 10.3. The number of furan rings is 2. The first-order valence-electron chi connectivity index (χ1n) is 6.19. The molecule has 0 aliphatic carbocycles. The van der Waals surface area contributed by atoms with Crippen LogP contribution >= 0.6 is 11.8 Å². The number of aromatic nitrogens is 3. The molecule has 8 heteroatoms. The molecule has 0 unspecified atom stereocenters. The minimum absolute atomic E-state index is 0.110. The molecule has 108 valence electrons. The molecule has 3 rings (SSSR count). The lowest BCUT2D eigenvalue weighted by molar-refractivity contribution is -0.118. The van der Waals surface area contributed by atoms with E-state index in [9.17, 15) is 4.79 Å². The third kappa shape index (κ3) is 3.54. The standard InChI is InChI=1S/C13H12N4O3S/c18-11(14-7-9-3-1-5-19-9)8-21-13-15-12(16-17-13)10-4-2-6-20-10/h1-6H,7-8H2,(H,14,18)(H,15,16,17). The van der Waals surface area contributed by atoms with Crippen LogP contribution in [0.5, 0.6) is 0 Å². The molecular weight excluding hydrogens is 292 g/mol. The van der Waals surface area contributed by atoms with Gasteiger partial charge in [0.1, 0.15) is 5.76 Å². The number of H-pyrrole nitrogens is 1. The molecule has 0 saturated carbocycles. The third-order valence-corrected chi connectivity index (χ3v) is 3.44. The number of carbonyl (C=O) groups excluding carboxylic acids is 1. The summed E-state index contributed by atoms with van der Waals surface area (Å²) < 4.78 is 10.3. The fourth-order valence-corrected chi connectivity index (χ4v) is 2.24. The molecule has 0 bridgehead atoms. The van der Waals surface area contributed by atoms with Crippen LogP contribution in [-0.2, 0) is 11.3 Å². The summed E-state index contributed by atoms with van der Waals surface area (Å²) in [4.78, 5) is 15.9. The molecule has 0 aliphatic heterocycles. The molecule has 0 fully saturated rings. The Morgan fingerprint density at radius 3 is 2.90 bits per heavy atom. The van der Waals surface area contributed by atoms with Crippen molar-refractivity contribution in [2.24, 2.45) is 0 Å². The number of amides is 1. The molecule has 7 nitrogen and oxygen atoms in total. The van der Waals surface area contributed by atoms with Crippen LogP contribution in [0, 0.1) is 0 Å². The summed E-state index contributed by atoms with van der Waals surface area (Å²) in [6, 6.07) is 7.14. The van der Waals surface area contributed by atoms with Gasteiger partial charge in [-0.2, -0.15) is 4.98 Å². The topological polar surface area (TPSA) is 97.0 Å². The highest BCUT2D eigenvalue weighted by Gasteiger charge is 2.10. The van der Waals surface area contributed by atoms with E-state index in [0.717, 1.165) is 0 Å². The maximum absolute atomic E-state index is 11.7. The van der Waals surface area contributed by atoms with Crippen molar-refractivity contribution in [2.45, 2.75) is 11.7 Å². The van der Waals surface area contributed by atoms with Crippen LogP contribution in [0.3, 0.4) is 0 Å². The van der Waals surface area contributed by atoms with E-state index in [4.69, 9.17) is 8.83 Å². The highest BCUT2D eigenvalue weighted by atomic mass is 32.2. The summed E-state index contributed by atoms with van der Waals surface area (Å²) in [6.45, 7) is 0.373. The zero-order valence-corrected chi connectivity index (χ0v) is 11.7. The lowest BCUT2D eigenvalue weighted by atomic mass is 10.4. The van der Waals surface area contributed by atoms with E-state index in [2.05, 4.69) is 20.5 Å². The maximum atomic E-state index is 11.7. The Hall–Kier alpha value is -2.48. The smallest absolute Gasteiger partial charge is 0.230 e. The third-order valence-electron chi connectivity index (χ3n) is 2.59. The Morgan fingerprint density at radius 2 is 2.14 bits per heavy atom. The van der Waals surface area contributed by atoms with Gasteiger partial charge < -0.3 is 14.2 Å². The van der Waals surface area contributed by atoms with Gasteiger partial charge in [0.05, 0.1) is 24.8 Å². The average Bonchev–Trinajstić information content (AvgIpc) is 3.24. The molecular formula is C13H12N4O3S. The highest BCUT2D eigenvalue weighted by molar-refractivity contribution is 7.99. The number of carbonyl (C=O) groups is 1. The van der Waals surface area contributed by atoms with Gasteiger partial charge >= 0.3 is 0 Å². The number of nitrogens with zero attached hydrogens (tertiary/aromatic N) is 2. The van der Waals surface area contributed by atoms with Crippen molar-refractivity contribution in [1.82, 2.24) is 20.5 Å². The minimum Gasteiger partial charge on any atom is -0.467 e. The Morgan fingerprint density at radius 1 is 1.29 bits per heavy atom. The van der Waals surface area contributed by atoms with Crippen LogP contribution in [0.4, 0.5) is 0 Å². The molecule has 21 heavy (non-hydrogen) atoms. The van der Waals surface area contributed by atoms with E-state index in [1.807, 2.05) is 0 Å². The van der Waals surface area contributed by atoms with Gasteiger partial charge in [-0.3, -0.25) is 9.89 Å². The number of hydrogen-bond donors (Lipinski definition) is 2. The van der Waals surface area contributed by atoms with Gasteiger partial charge in [0.15, 0.2) is 11.6 Å². The van der Waals surface area contributed by atoms with E-state index in [1.165, 1.54) is 11.8 Å². The van der Waals surface area contributed by atoms with Crippen molar-refractivity contribution < 1.29 is 13.6 Å². The minimum atomic E-state index is -0.110. The zero-order valence-electron chi connectivity index (χ0n) is 10.9. The van der Waals surface area contributed by atoms with Gasteiger partial charge in [0.2, 0.25) is 11.1 Å². The number of hydrogen-bond acceptors (Lipinski definition) is 6. The number of thioether (sulfide) groups is 1. The number of aromatic amines is 1. The summed E-state index contributed by atoms with van der Waals surface area (Å²) in [5.41, 5.74) is 0. The first kappa shape index (κ1) is 13.5. The maximum Gasteiger partial charge on any atom is 0.230 e. The van der Waals surface area contributed by atoms with Crippen molar-refractivity contribution in [3.8, 4) is 11.6 Å². The first-order valence-corrected chi connectivity index (χ1v) is 7.18. The van der Waals surface area contributed by atoms with Crippen LogP contribution < -0.4 is 5.32 Å². The molecule has 0 radical (unpaired) electrons. The number of nitrogens with one attached hydrogen (secondary N) is 2. The van der Waals surface area contributed by atoms with Gasteiger partial charge in [0, 0.05) is 0 Å². The quantitative estimate of drug-likeness (QED) is 0.677. The van der Waals surface area contributed by atoms with Crippen molar-refractivity contribution >= 4 is 17.7 Å². The van der Waals surface area contributed by atoms with Crippen molar-refractivity contribution in [2.75, 3.05) is 5.75 Å².